The van der Waals surface area contributed by atoms with E-state index in [0.717, 1.165) is 12.1 Å². The smallest absolute Gasteiger partial charge is 0.328 e. The summed E-state index contributed by atoms with van der Waals surface area (Å²) in [5, 5.41) is 2.64. The van der Waals surface area contributed by atoms with Crippen molar-refractivity contribution in [3.05, 3.63) is 58.7 Å². The van der Waals surface area contributed by atoms with Gasteiger partial charge in [-0.25, -0.2) is 23.5 Å². The van der Waals surface area contributed by atoms with E-state index in [1.165, 1.54) is 10.5 Å². The molecular weight excluding hydrogens is 398 g/mol. The largest absolute Gasteiger partial charge is 0.470 e. The normalized spacial score (nSPS) is 16.0. The third kappa shape index (κ3) is 3.56. The molecule has 1 aliphatic rings. The highest BCUT2D eigenvalue weighted by atomic mass is 19.1. The fraction of sp³-hybridized carbons (Fsp3) is 0.300. The third-order valence-corrected chi connectivity index (χ3v) is 4.74. The van der Waals surface area contributed by atoms with E-state index in [9.17, 15) is 18.4 Å². The lowest BCUT2D eigenvalue weighted by Crippen LogP contribution is -2.38. The van der Waals surface area contributed by atoms with Gasteiger partial charge in [0, 0.05) is 12.6 Å². The number of ether oxygens (including phenoxy) is 2. The number of aromatic nitrogens is 3. The minimum atomic E-state index is -0.735. The number of rotatable bonds is 5. The van der Waals surface area contributed by atoms with E-state index in [0.29, 0.717) is 17.8 Å². The number of carbonyl (C=O) groups is 2. The highest BCUT2D eigenvalue weighted by Crippen LogP contribution is 2.23. The summed E-state index contributed by atoms with van der Waals surface area (Å²) < 4.78 is 39.7. The number of carbonyl (C=O) groups excluding carboxylic acids is 2. The van der Waals surface area contributed by atoms with Crippen LogP contribution < -0.4 is 10.1 Å². The van der Waals surface area contributed by atoms with E-state index >= 15 is 0 Å². The van der Waals surface area contributed by atoms with E-state index in [1.807, 2.05) is 0 Å². The van der Waals surface area contributed by atoms with Gasteiger partial charge in [0.1, 0.15) is 30.0 Å². The summed E-state index contributed by atoms with van der Waals surface area (Å²) in [5.41, 5.74) is 1.07. The Kier molecular flexibility index (Phi) is 5.06. The first kappa shape index (κ1) is 19.7. The van der Waals surface area contributed by atoms with Crippen LogP contribution in [0.2, 0.25) is 0 Å². The second kappa shape index (κ2) is 7.69. The number of amides is 1. The Balaban J connectivity index is 1.66. The summed E-state index contributed by atoms with van der Waals surface area (Å²) in [6, 6.07) is 2.82. The lowest BCUT2D eigenvalue weighted by atomic mass is 10.2. The molecule has 1 aromatic carbocycles. The van der Waals surface area contributed by atoms with Crippen molar-refractivity contribution in [1.82, 2.24) is 19.7 Å². The Morgan fingerprint density at radius 2 is 2.03 bits per heavy atom. The molecule has 8 nitrogen and oxygen atoms in total. The van der Waals surface area contributed by atoms with Crippen LogP contribution in [0.5, 0.6) is 5.88 Å². The zero-order valence-corrected chi connectivity index (χ0v) is 16.2. The first-order valence-corrected chi connectivity index (χ1v) is 9.24. The Hall–Kier alpha value is -3.56. The molecule has 0 bridgehead atoms. The van der Waals surface area contributed by atoms with E-state index in [-0.39, 0.29) is 29.4 Å². The maximum absolute atomic E-state index is 13.9. The zero-order chi connectivity index (χ0) is 21.4. The molecule has 3 aromatic rings. The van der Waals surface area contributed by atoms with Crippen LogP contribution in [-0.2, 0) is 16.1 Å². The van der Waals surface area contributed by atoms with Crippen LogP contribution in [0.3, 0.4) is 0 Å². The van der Waals surface area contributed by atoms with Gasteiger partial charge in [-0.2, -0.15) is 0 Å². The first-order valence-electron chi connectivity index (χ1n) is 9.24. The monoisotopic (exact) mass is 416 g/mol. The van der Waals surface area contributed by atoms with Crippen molar-refractivity contribution < 1.29 is 27.8 Å². The van der Waals surface area contributed by atoms with Gasteiger partial charge in [0.2, 0.25) is 5.65 Å². The number of imidazole rings is 1. The van der Waals surface area contributed by atoms with Gasteiger partial charge >= 0.3 is 5.97 Å². The Bertz CT molecular complexity index is 1140. The van der Waals surface area contributed by atoms with Crippen molar-refractivity contribution in [3.8, 4) is 5.88 Å². The average Bonchev–Trinajstić information content (AvgIpc) is 3.23. The lowest BCUT2D eigenvalue weighted by molar-refractivity contribution is -0.139. The maximum atomic E-state index is 13.9. The number of aryl methyl sites for hydroxylation is 2. The predicted molar refractivity (Wildman–Crippen MR) is 100.0 cm³/mol. The van der Waals surface area contributed by atoms with Crippen molar-refractivity contribution in [1.29, 1.82) is 0 Å². The van der Waals surface area contributed by atoms with Gasteiger partial charge in [0.15, 0.2) is 0 Å². The summed E-state index contributed by atoms with van der Waals surface area (Å²) in [5.74, 6) is -2.42. The van der Waals surface area contributed by atoms with E-state index < -0.39 is 36.2 Å². The van der Waals surface area contributed by atoms with Gasteiger partial charge in [0.25, 0.3) is 11.8 Å². The maximum Gasteiger partial charge on any atom is 0.328 e. The third-order valence-electron chi connectivity index (χ3n) is 4.74. The molecule has 156 valence electrons. The molecule has 10 heteroatoms. The molecule has 0 unspecified atom stereocenters. The molecule has 30 heavy (non-hydrogen) atoms. The fourth-order valence-corrected chi connectivity index (χ4v) is 3.28. The summed E-state index contributed by atoms with van der Waals surface area (Å²) in [4.78, 5) is 33.0. The molecule has 0 spiro atoms. The summed E-state index contributed by atoms with van der Waals surface area (Å²) in [6.07, 6.45) is 1.98. The zero-order valence-electron chi connectivity index (χ0n) is 16.2. The number of fused-ring (bicyclic) bond motifs is 1. The van der Waals surface area contributed by atoms with Crippen molar-refractivity contribution in [2.45, 2.75) is 32.9 Å². The van der Waals surface area contributed by atoms with Crippen molar-refractivity contribution in [3.63, 3.8) is 0 Å². The van der Waals surface area contributed by atoms with E-state index in [2.05, 4.69) is 15.3 Å². The van der Waals surface area contributed by atoms with Gasteiger partial charge in [-0.05, 0) is 26.0 Å². The molecule has 1 atom stereocenters. The number of benzene rings is 1. The van der Waals surface area contributed by atoms with Crippen LogP contribution >= 0.6 is 0 Å². The number of nitrogens with zero attached hydrogens (tertiary/aromatic N) is 3. The van der Waals surface area contributed by atoms with Crippen LogP contribution in [0.1, 0.15) is 33.9 Å². The standard InChI is InChI=1S/C20H18F2N4O4/c1-10-8-26-16(18(27)25-15-6-7-29-20(15)28)11(2)24-17(26)19(23-10)30-9-12-13(21)4-3-5-14(12)22/h3-5,8,15H,6-7,9H2,1-2H3,(H,25,27)/t15-/m0/s1. The number of hydrogen-bond acceptors (Lipinski definition) is 6. The molecule has 0 saturated carbocycles. The molecule has 3 heterocycles. The molecule has 1 aliphatic heterocycles. The highest BCUT2D eigenvalue weighted by molar-refractivity contribution is 5.97. The SMILES string of the molecule is Cc1cn2c(C(=O)N[C@H]3CCOC3=O)c(C)nc2c(OCc2c(F)cccc2F)n1. The summed E-state index contributed by atoms with van der Waals surface area (Å²) in [6.45, 7) is 3.17. The van der Waals surface area contributed by atoms with Crippen LogP contribution in [0.4, 0.5) is 8.78 Å². The molecule has 0 aliphatic carbocycles. The van der Waals surface area contributed by atoms with Gasteiger partial charge in [-0.15, -0.1) is 0 Å². The van der Waals surface area contributed by atoms with Gasteiger partial charge in [-0.3, -0.25) is 9.20 Å². The molecular formula is C20H18F2N4O4. The summed E-state index contributed by atoms with van der Waals surface area (Å²) >= 11 is 0. The van der Waals surface area contributed by atoms with E-state index in [1.54, 1.807) is 20.0 Å². The fourth-order valence-electron chi connectivity index (χ4n) is 3.28. The number of halogens is 2. The van der Waals surface area contributed by atoms with Crippen molar-refractivity contribution in [2.75, 3.05) is 6.61 Å². The van der Waals surface area contributed by atoms with Crippen molar-refractivity contribution >= 4 is 17.5 Å². The summed E-state index contributed by atoms with van der Waals surface area (Å²) in [7, 11) is 0. The predicted octanol–water partition coefficient (Wildman–Crippen LogP) is 2.25. The number of esters is 1. The van der Waals surface area contributed by atoms with Gasteiger partial charge < -0.3 is 14.8 Å². The topological polar surface area (TPSA) is 94.8 Å². The first-order chi connectivity index (χ1) is 14.3. The van der Waals surface area contributed by atoms with Crippen LogP contribution in [-0.4, -0.2) is 38.9 Å². The average molecular weight is 416 g/mol. The van der Waals surface area contributed by atoms with Crippen molar-refractivity contribution in [2.24, 2.45) is 0 Å². The number of cyclic esters (lactones) is 1. The van der Waals surface area contributed by atoms with Gasteiger partial charge in [-0.1, -0.05) is 6.07 Å². The highest BCUT2D eigenvalue weighted by Gasteiger charge is 2.30. The lowest BCUT2D eigenvalue weighted by Gasteiger charge is -2.11. The van der Waals surface area contributed by atoms with E-state index in [4.69, 9.17) is 9.47 Å². The molecule has 1 N–H and O–H groups in total. The minimum absolute atomic E-state index is 0.0279. The van der Waals surface area contributed by atoms with Crippen LogP contribution in [0.15, 0.2) is 24.4 Å². The number of nitrogens with one attached hydrogen (secondary N) is 1. The molecule has 1 saturated heterocycles. The molecule has 0 radical (unpaired) electrons. The van der Waals surface area contributed by atoms with Gasteiger partial charge in [0.05, 0.1) is 23.6 Å². The molecule has 1 fully saturated rings. The quantitative estimate of drug-likeness (QED) is 0.641. The molecule has 2 aromatic heterocycles. The number of hydrogen-bond donors (Lipinski definition) is 1. The molecule has 1 amide bonds. The second-order valence-corrected chi connectivity index (χ2v) is 6.90. The van der Waals surface area contributed by atoms with Crippen LogP contribution in [0.25, 0.3) is 5.65 Å². The second-order valence-electron chi connectivity index (χ2n) is 6.90. The Morgan fingerprint density at radius 1 is 1.30 bits per heavy atom. The Labute approximate surface area is 169 Å². The Morgan fingerprint density at radius 3 is 2.70 bits per heavy atom. The van der Waals surface area contributed by atoms with Crippen LogP contribution in [0, 0.1) is 25.5 Å². The minimum Gasteiger partial charge on any atom is -0.470 e. The molecule has 4 rings (SSSR count).